The number of nitrogens with zero attached hydrogens (tertiary/aromatic N) is 1. The van der Waals surface area contributed by atoms with Gasteiger partial charge in [0.2, 0.25) is 5.91 Å². The average Bonchev–Trinajstić information content (AvgIpc) is 3.44. The number of hydrogen-bond donors (Lipinski definition) is 1. The molecule has 1 aliphatic rings. The predicted molar refractivity (Wildman–Crippen MR) is 93.8 cm³/mol. The smallest absolute Gasteiger partial charge is 0.253 e. The van der Waals surface area contributed by atoms with E-state index in [9.17, 15) is 14.0 Å². The molecule has 0 bridgehead atoms. The van der Waals surface area contributed by atoms with Crippen molar-refractivity contribution < 1.29 is 14.0 Å². The van der Waals surface area contributed by atoms with E-state index in [0.29, 0.717) is 16.1 Å². The van der Waals surface area contributed by atoms with E-state index < -0.39 is 5.91 Å². The highest BCUT2D eigenvalue weighted by molar-refractivity contribution is 6.33. The number of carbonyl (C=O) groups excluding carboxylic acids is 2. The number of rotatable bonds is 6. The third kappa shape index (κ3) is 4.37. The van der Waals surface area contributed by atoms with E-state index in [2.05, 4.69) is 5.32 Å². The molecule has 0 spiro atoms. The Morgan fingerprint density at radius 1 is 1.12 bits per heavy atom. The standard InChI is InChI=1S/C19H18ClFN2O2/c20-16-7-3-2-6-15(16)19(25)22-11-18(24)23(14-9-10-14)12-13-5-1-4-8-17(13)21/h1-8,14H,9-12H2,(H,22,25). The first-order valence-electron chi connectivity index (χ1n) is 8.12. The third-order valence-corrected chi connectivity index (χ3v) is 4.45. The molecule has 130 valence electrons. The molecule has 3 rings (SSSR count). The molecule has 1 N–H and O–H groups in total. The van der Waals surface area contributed by atoms with Gasteiger partial charge in [0.25, 0.3) is 5.91 Å². The molecule has 2 amide bonds. The van der Waals surface area contributed by atoms with Crippen molar-refractivity contribution in [1.82, 2.24) is 10.2 Å². The maximum atomic E-state index is 13.9. The predicted octanol–water partition coefficient (Wildman–Crippen LogP) is 3.40. The van der Waals surface area contributed by atoms with Crippen LogP contribution in [0.4, 0.5) is 4.39 Å². The van der Waals surface area contributed by atoms with E-state index in [-0.39, 0.29) is 30.9 Å². The van der Waals surface area contributed by atoms with Crippen molar-refractivity contribution in [3.05, 3.63) is 70.5 Å². The monoisotopic (exact) mass is 360 g/mol. The lowest BCUT2D eigenvalue weighted by Crippen LogP contribution is -2.41. The molecule has 25 heavy (non-hydrogen) atoms. The average molecular weight is 361 g/mol. The van der Waals surface area contributed by atoms with Crippen LogP contribution in [0.25, 0.3) is 0 Å². The summed E-state index contributed by atoms with van der Waals surface area (Å²) in [5, 5.41) is 2.93. The van der Waals surface area contributed by atoms with E-state index in [0.717, 1.165) is 12.8 Å². The first-order valence-corrected chi connectivity index (χ1v) is 8.49. The van der Waals surface area contributed by atoms with Gasteiger partial charge in [-0.05, 0) is 31.0 Å². The minimum Gasteiger partial charge on any atom is -0.343 e. The first kappa shape index (κ1) is 17.4. The molecule has 6 heteroatoms. The number of benzene rings is 2. The fraction of sp³-hybridized carbons (Fsp3) is 0.263. The number of carbonyl (C=O) groups is 2. The van der Waals surface area contributed by atoms with Crippen LogP contribution in [-0.4, -0.2) is 29.3 Å². The molecule has 4 nitrogen and oxygen atoms in total. The minimum atomic E-state index is -0.402. The Morgan fingerprint density at radius 3 is 2.48 bits per heavy atom. The molecular weight excluding hydrogens is 343 g/mol. The number of nitrogens with one attached hydrogen (secondary N) is 1. The van der Waals surface area contributed by atoms with Crippen LogP contribution in [0.15, 0.2) is 48.5 Å². The zero-order chi connectivity index (χ0) is 17.8. The second kappa shape index (κ2) is 7.66. The van der Waals surface area contributed by atoms with Crippen LogP contribution in [0, 0.1) is 5.82 Å². The fourth-order valence-corrected chi connectivity index (χ4v) is 2.84. The van der Waals surface area contributed by atoms with Crippen LogP contribution in [0.2, 0.25) is 5.02 Å². The Hall–Kier alpha value is -2.40. The Morgan fingerprint density at radius 2 is 1.80 bits per heavy atom. The zero-order valence-corrected chi connectivity index (χ0v) is 14.3. The highest BCUT2D eigenvalue weighted by Gasteiger charge is 2.33. The van der Waals surface area contributed by atoms with Gasteiger partial charge in [-0.2, -0.15) is 0 Å². The Bertz CT molecular complexity index is 792. The third-order valence-electron chi connectivity index (χ3n) is 4.13. The Kier molecular flexibility index (Phi) is 5.34. The molecule has 0 atom stereocenters. The van der Waals surface area contributed by atoms with Crippen molar-refractivity contribution in [1.29, 1.82) is 0 Å². The van der Waals surface area contributed by atoms with Crippen molar-refractivity contribution in [2.75, 3.05) is 6.54 Å². The lowest BCUT2D eigenvalue weighted by atomic mass is 10.2. The summed E-state index contributed by atoms with van der Waals surface area (Å²) in [6, 6.07) is 13.2. The van der Waals surface area contributed by atoms with Crippen LogP contribution < -0.4 is 5.32 Å². The summed E-state index contributed by atoms with van der Waals surface area (Å²) in [5.74, 6) is -0.965. The first-order chi connectivity index (χ1) is 12.1. The quantitative estimate of drug-likeness (QED) is 0.858. The normalized spacial score (nSPS) is 13.4. The lowest BCUT2D eigenvalue weighted by Gasteiger charge is -2.23. The van der Waals surface area contributed by atoms with Gasteiger partial charge in [-0.15, -0.1) is 0 Å². The summed E-state index contributed by atoms with van der Waals surface area (Å²) >= 11 is 5.98. The number of amides is 2. The molecule has 0 unspecified atom stereocenters. The zero-order valence-electron chi connectivity index (χ0n) is 13.5. The highest BCUT2D eigenvalue weighted by atomic mass is 35.5. The molecule has 1 saturated carbocycles. The van der Waals surface area contributed by atoms with E-state index >= 15 is 0 Å². The van der Waals surface area contributed by atoms with E-state index in [1.165, 1.54) is 6.07 Å². The molecule has 0 radical (unpaired) electrons. The molecule has 1 aliphatic carbocycles. The maximum Gasteiger partial charge on any atom is 0.253 e. The summed E-state index contributed by atoms with van der Waals surface area (Å²) in [6.07, 6.45) is 1.80. The molecular formula is C19H18ClFN2O2. The molecule has 0 aliphatic heterocycles. The van der Waals surface area contributed by atoms with Crippen molar-refractivity contribution in [2.45, 2.75) is 25.4 Å². The van der Waals surface area contributed by atoms with Gasteiger partial charge < -0.3 is 10.2 Å². The Labute approximate surface area is 150 Å². The van der Waals surface area contributed by atoms with Crippen molar-refractivity contribution in [3.8, 4) is 0 Å². The van der Waals surface area contributed by atoms with Gasteiger partial charge >= 0.3 is 0 Å². The van der Waals surface area contributed by atoms with Crippen LogP contribution >= 0.6 is 11.6 Å². The van der Waals surface area contributed by atoms with Crippen LogP contribution in [0.5, 0.6) is 0 Å². The Balaban J connectivity index is 1.63. The van der Waals surface area contributed by atoms with Crippen LogP contribution in [-0.2, 0) is 11.3 Å². The minimum absolute atomic E-state index is 0.115. The largest absolute Gasteiger partial charge is 0.343 e. The highest BCUT2D eigenvalue weighted by Crippen LogP contribution is 2.28. The van der Waals surface area contributed by atoms with Gasteiger partial charge in [0, 0.05) is 18.2 Å². The summed E-state index contributed by atoms with van der Waals surface area (Å²) < 4.78 is 13.9. The second-order valence-corrected chi connectivity index (χ2v) is 6.41. The van der Waals surface area contributed by atoms with Gasteiger partial charge in [-0.25, -0.2) is 4.39 Å². The molecule has 2 aromatic carbocycles. The van der Waals surface area contributed by atoms with E-state index in [4.69, 9.17) is 11.6 Å². The summed E-state index contributed by atoms with van der Waals surface area (Å²) in [6.45, 7) is 0.0626. The summed E-state index contributed by atoms with van der Waals surface area (Å²) in [7, 11) is 0. The second-order valence-electron chi connectivity index (χ2n) is 6.01. The van der Waals surface area contributed by atoms with Crippen LogP contribution in [0.1, 0.15) is 28.8 Å². The molecule has 0 heterocycles. The molecule has 0 aromatic heterocycles. The molecule has 0 saturated heterocycles. The maximum absolute atomic E-state index is 13.9. The van der Waals surface area contributed by atoms with Gasteiger partial charge in [-0.3, -0.25) is 9.59 Å². The summed E-state index contributed by atoms with van der Waals surface area (Å²) in [4.78, 5) is 26.3. The SMILES string of the molecule is O=C(NCC(=O)N(Cc1ccccc1F)C1CC1)c1ccccc1Cl. The van der Waals surface area contributed by atoms with Gasteiger partial charge in [0.15, 0.2) is 0 Å². The van der Waals surface area contributed by atoms with Gasteiger partial charge in [0.1, 0.15) is 5.82 Å². The van der Waals surface area contributed by atoms with Gasteiger partial charge in [0.05, 0.1) is 17.1 Å². The summed E-state index contributed by atoms with van der Waals surface area (Å²) in [5.41, 5.74) is 0.796. The van der Waals surface area contributed by atoms with Crippen LogP contribution in [0.3, 0.4) is 0 Å². The topological polar surface area (TPSA) is 49.4 Å². The number of hydrogen-bond acceptors (Lipinski definition) is 2. The van der Waals surface area contributed by atoms with E-state index in [1.807, 2.05) is 0 Å². The van der Waals surface area contributed by atoms with Crippen molar-refractivity contribution in [3.63, 3.8) is 0 Å². The number of halogens is 2. The van der Waals surface area contributed by atoms with E-state index in [1.54, 1.807) is 47.4 Å². The van der Waals surface area contributed by atoms with Crippen molar-refractivity contribution in [2.24, 2.45) is 0 Å². The molecule has 1 fully saturated rings. The van der Waals surface area contributed by atoms with Gasteiger partial charge in [-0.1, -0.05) is 41.9 Å². The fourth-order valence-electron chi connectivity index (χ4n) is 2.62. The lowest BCUT2D eigenvalue weighted by molar-refractivity contribution is -0.131. The van der Waals surface area contributed by atoms with Crippen molar-refractivity contribution >= 4 is 23.4 Å². The molecule has 2 aromatic rings.